The van der Waals surface area contributed by atoms with Crippen molar-refractivity contribution >= 4 is 0 Å². The van der Waals surface area contributed by atoms with Crippen LogP contribution in [0.1, 0.15) is 57.6 Å². The highest BCUT2D eigenvalue weighted by Gasteiger charge is 2.41. The molecule has 3 rings (SSSR count). The van der Waals surface area contributed by atoms with E-state index in [1.807, 2.05) is 6.07 Å². The van der Waals surface area contributed by atoms with Crippen molar-refractivity contribution in [2.24, 2.45) is 5.92 Å². The number of hydrogen-bond acceptors (Lipinski definition) is 3. The van der Waals surface area contributed by atoms with Crippen molar-refractivity contribution in [1.29, 1.82) is 0 Å². The Hall–Kier alpha value is -1.22. The number of methoxy groups -OCH3 is 1. The maximum Gasteiger partial charge on any atom is 0.125 e. The molecule has 1 aromatic rings. The molecular formula is C18H27NO2. The van der Waals surface area contributed by atoms with Crippen LogP contribution in [0.2, 0.25) is 0 Å². The van der Waals surface area contributed by atoms with Crippen LogP contribution in [0.4, 0.5) is 0 Å². The molecule has 3 heteroatoms. The standard InChI is InChI=1S/C18H27NO2/c1-4-9-19-16-12-18(2,11-13-5-6-13)21-17-8-7-14(20-3)10-15(16)17/h7-8,10,13,16,19H,4-6,9,11-12H2,1-3H3. The Morgan fingerprint density at radius 3 is 2.86 bits per heavy atom. The molecule has 1 aliphatic carbocycles. The van der Waals surface area contributed by atoms with Gasteiger partial charge in [0.1, 0.15) is 17.1 Å². The molecule has 1 fully saturated rings. The first-order chi connectivity index (χ1) is 10.1. The first kappa shape index (κ1) is 14.7. The molecule has 0 spiro atoms. The van der Waals surface area contributed by atoms with E-state index in [0.717, 1.165) is 36.8 Å². The fourth-order valence-electron chi connectivity index (χ4n) is 3.43. The fourth-order valence-corrected chi connectivity index (χ4v) is 3.43. The van der Waals surface area contributed by atoms with Crippen LogP contribution >= 0.6 is 0 Å². The lowest BCUT2D eigenvalue weighted by atomic mass is 9.84. The molecule has 1 N–H and O–H groups in total. The van der Waals surface area contributed by atoms with Gasteiger partial charge in [0.25, 0.3) is 0 Å². The van der Waals surface area contributed by atoms with E-state index in [1.165, 1.54) is 24.8 Å². The van der Waals surface area contributed by atoms with Crippen LogP contribution in [0, 0.1) is 5.92 Å². The number of hydrogen-bond donors (Lipinski definition) is 1. The quantitative estimate of drug-likeness (QED) is 0.856. The predicted octanol–water partition coefficient (Wildman–Crippen LogP) is 4.08. The zero-order valence-electron chi connectivity index (χ0n) is 13.4. The molecule has 21 heavy (non-hydrogen) atoms. The molecule has 0 bridgehead atoms. The van der Waals surface area contributed by atoms with Crippen molar-refractivity contribution in [2.75, 3.05) is 13.7 Å². The second-order valence-electron chi connectivity index (χ2n) is 6.81. The van der Waals surface area contributed by atoms with Crippen LogP contribution in [-0.4, -0.2) is 19.3 Å². The van der Waals surface area contributed by atoms with Crippen molar-refractivity contribution in [3.05, 3.63) is 23.8 Å². The van der Waals surface area contributed by atoms with Crippen LogP contribution in [0.25, 0.3) is 0 Å². The first-order valence-electron chi connectivity index (χ1n) is 8.24. The number of nitrogens with one attached hydrogen (secondary N) is 1. The van der Waals surface area contributed by atoms with Gasteiger partial charge in [-0.1, -0.05) is 19.8 Å². The maximum absolute atomic E-state index is 6.38. The molecule has 0 radical (unpaired) electrons. The smallest absolute Gasteiger partial charge is 0.125 e. The van der Waals surface area contributed by atoms with Gasteiger partial charge in [-0.15, -0.1) is 0 Å². The van der Waals surface area contributed by atoms with Crippen molar-refractivity contribution in [3.63, 3.8) is 0 Å². The van der Waals surface area contributed by atoms with Gasteiger partial charge >= 0.3 is 0 Å². The van der Waals surface area contributed by atoms with Crippen LogP contribution in [-0.2, 0) is 0 Å². The predicted molar refractivity (Wildman–Crippen MR) is 85.0 cm³/mol. The minimum Gasteiger partial charge on any atom is -0.497 e. The summed E-state index contributed by atoms with van der Waals surface area (Å²) in [5, 5.41) is 3.69. The zero-order valence-corrected chi connectivity index (χ0v) is 13.4. The van der Waals surface area contributed by atoms with E-state index >= 15 is 0 Å². The molecule has 2 atom stereocenters. The van der Waals surface area contributed by atoms with Crippen molar-refractivity contribution in [2.45, 2.75) is 57.6 Å². The lowest BCUT2D eigenvalue weighted by molar-refractivity contribution is 0.0344. The third-order valence-corrected chi connectivity index (χ3v) is 4.64. The molecule has 0 saturated heterocycles. The van der Waals surface area contributed by atoms with Crippen LogP contribution in [0.3, 0.4) is 0 Å². The summed E-state index contributed by atoms with van der Waals surface area (Å²) in [5.74, 6) is 2.81. The molecule has 1 aromatic carbocycles. The van der Waals surface area contributed by atoms with Gasteiger partial charge in [-0.05, 0) is 50.4 Å². The third-order valence-electron chi connectivity index (χ3n) is 4.64. The summed E-state index contributed by atoms with van der Waals surface area (Å²) in [6.45, 7) is 5.53. The number of benzene rings is 1. The highest BCUT2D eigenvalue weighted by Crippen LogP contribution is 2.47. The van der Waals surface area contributed by atoms with Crippen molar-refractivity contribution in [1.82, 2.24) is 5.32 Å². The molecule has 0 aromatic heterocycles. The average molecular weight is 289 g/mol. The van der Waals surface area contributed by atoms with E-state index in [-0.39, 0.29) is 5.60 Å². The Morgan fingerprint density at radius 1 is 1.38 bits per heavy atom. The summed E-state index contributed by atoms with van der Waals surface area (Å²) in [5.41, 5.74) is 1.21. The summed E-state index contributed by atoms with van der Waals surface area (Å²) < 4.78 is 11.8. The maximum atomic E-state index is 6.38. The van der Waals surface area contributed by atoms with Gasteiger partial charge in [0.2, 0.25) is 0 Å². The fraction of sp³-hybridized carbons (Fsp3) is 0.667. The Bertz CT molecular complexity index is 498. The summed E-state index contributed by atoms with van der Waals surface area (Å²) in [6, 6.07) is 6.56. The monoisotopic (exact) mass is 289 g/mol. The van der Waals surface area contributed by atoms with E-state index in [4.69, 9.17) is 9.47 Å². The Labute approximate surface area is 128 Å². The first-order valence-corrected chi connectivity index (χ1v) is 8.24. The molecular weight excluding hydrogens is 262 g/mol. The van der Waals surface area contributed by atoms with Gasteiger partial charge in [0.05, 0.1) is 7.11 Å². The lowest BCUT2D eigenvalue weighted by Gasteiger charge is -2.40. The molecule has 2 unspecified atom stereocenters. The van der Waals surface area contributed by atoms with Gasteiger partial charge in [0.15, 0.2) is 0 Å². The highest BCUT2D eigenvalue weighted by atomic mass is 16.5. The molecule has 116 valence electrons. The number of rotatable bonds is 6. The summed E-state index contributed by atoms with van der Waals surface area (Å²) >= 11 is 0. The van der Waals surface area contributed by atoms with Gasteiger partial charge < -0.3 is 14.8 Å². The summed E-state index contributed by atoms with van der Waals surface area (Å²) in [4.78, 5) is 0. The Morgan fingerprint density at radius 2 is 2.19 bits per heavy atom. The third kappa shape index (κ3) is 3.34. The van der Waals surface area contributed by atoms with Crippen molar-refractivity contribution < 1.29 is 9.47 Å². The Balaban J connectivity index is 1.86. The average Bonchev–Trinajstić information content (AvgIpc) is 3.27. The minimum atomic E-state index is -0.0336. The normalized spacial score (nSPS) is 27.9. The van der Waals surface area contributed by atoms with E-state index in [1.54, 1.807) is 7.11 Å². The number of fused-ring (bicyclic) bond motifs is 1. The van der Waals surface area contributed by atoms with Gasteiger partial charge in [-0.25, -0.2) is 0 Å². The zero-order chi connectivity index (χ0) is 14.9. The molecule has 3 nitrogen and oxygen atoms in total. The number of ether oxygens (including phenoxy) is 2. The van der Waals surface area contributed by atoms with Gasteiger partial charge in [-0.2, -0.15) is 0 Å². The van der Waals surface area contributed by atoms with Crippen molar-refractivity contribution in [3.8, 4) is 11.5 Å². The van der Waals surface area contributed by atoms with E-state index in [0.29, 0.717) is 6.04 Å². The van der Waals surface area contributed by atoms with E-state index < -0.39 is 0 Å². The molecule has 1 heterocycles. The van der Waals surface area contributed by atoms with Crippen LogP contribution < -0.4 is 14.8 Å². The minimum absolute atomic E-state index is 0.0336. The lowest BCUT2D eigenvalue weighted by Crippen LogP contribution is -2.42. The second-order valence-corrected chi connectivity index (χ2v) is 6.81. The second kappa shape index (κ2) is 5.88. The SMILES string of the molecule is CCCNC1CC(C)(CC2CC2)Oc2ccc(OC)cc21. The van der Waals surface area contributed by atoms with Gasteiger partial charge in [-0.3, -0.25) is 0 Å². The summed E-state index contributed by atoms with van der Waals surface area (Å²) in [6.07, 6.45) is 6.13. The Kier molecular flexibility index (Phi) is 4.12. The molecule has 0 amide bonds. The highest BCUT2D eigenvalue weighted by molar-refractivity contribution is 5.44. The van der Waals surface area contributed by atoms with Crippen LogP contribution in [0.15, 0.2) is 18.2 Å². The van der Waals surface area contributed by atoms with E-state index in [9.17, 15) is 0 Å². The topological polar surface area (TPSA) is 30.5 Å². The summed E-state index contributed by atoms with van der Waals surface area (Å²) in [7, 11) is 1.72. The van der Waals surface area contributed by atoms with Crippen LogP contribution in [0.5, 0.6) is 11.5 Å². The largest absolute Gasteiger partial charge is 0.497 e. The van der Waals surface area contributed by atoms with E-state index in [2.05, 4.69) is 31.3 Å². The van der Waals surface area contributed by atoms with Gasteiger partial charge in [0, 0.05) is 18.0 Å². The molecule has 1 aliphatic heterocycles. The molecule has 2 aliphatic rings. The molecule has 1 saturated carbocycles.